The van der Waals surface area contributed by atoms with E-state index in [0.717, 1.165) is 57.9 Å². The molecule has 1 heterocycles. The molecule has 220 valence electrons. The number of piperidine rings is 1. The molecule has 0 bridgehead atoms. The Kier molecular flexibility index (Phi) is 11.1. The lowest BCUT2D eigenvalue weighted by molar-refractivity contribution is -0.334. The van der Waals surface area contributed by atoms with Crippen molar-refractivity contribution in [3.05, 3.63) is 43.0 Å². The fraction of sp³-hybridized carbons (Fsp3) is 0.735. The molecule has 2 unspecified atom stereocenters. The Bertz CT molecular complexity index is 876. The first-order chi connectivity index (χ1) is 18.7. The van der Waals surface area contributed by atoms with Crippen LogP contribution in [-0.4, -0.2) is 46.7 Å². The number of nitrogens with zero attached hydrogens (tertiary/aromatic N) is 2. The Hall–Kier alpha value is -1.85. The van der Waals surface area contributed by atoms with E-state index >= 15 is 0 Å². The number of para-hydroxylation sites is 1. The SMILES string of the molecule is C=CCN1C(CC)(CC)C(C)C(N(CCC(=O)OOC2(C)CCCCC2)c2ccccc2)C(C)C1(CC)CC. The van der Waals surface area contributed by atoms with Crippen molar-refractivity contribution in [3.63, 3.8) is 0 Å². The average Bonchev–Trinajstić information content (AvgIpc) is 2.96. The normalized spacial score (nSPS) is 26.1. The van der Waals surface area contributed by atoms with Crippen LogP contribution < -0.4 is 4.90 Å². The number of anilines is 1. The molecule has 5 heteroatoms. The number of carbonyl (C=O) groups is 1. The van der Waals surface area contributed by atoms with E-state index in [-0.39, 0.29) is 28.7 Å². The summed E-state index contributed by atoms with van der Waals surface area (Å²) in [5, 5.41) is 0. The quantitative estimate of drug-likeness (QED) is 0.143. The largest absolute Gasteiger partial charge is 0.367 e. The summed E-state index contributed by atoms with van der Waals surface area (Å²) in [5.41, 5.74) is 0.916. The van der Waals surface area contributed by atoms with Gasteiger partial charge in [0, 0.05) is 35.9 Å². The second-order valence-corrected chi connectivity index (χ2v) is 12.4. The monoisotopic (exact) mass is 540 g/mol. The van der Waals surface area contributed by atoms with Crippen LogP contribution in [0.1, 0.15) is 113 Å². The Labute approximate surface area is 239 Å². The third kappa shape index (κ3) is 6.25. The van der Waals surface area contributed by atoms with Crippen LogP contribution in [0.4, 0.5) is 5.69 Å². The standard InChI is InChI=1S/C34H56N2O3/c1-9-25-36-33(10-2,11-3)27(6)31(28(7)34(36,12-4)13-5)35(29-20-16-14-17-21-29)26-22-30(37)38-39-32(8)23-18-15-19-24-32/h9,14,16-17,20-21,27-28,31H,1,10-13,15,18-19,22-26H2,2-8H3. The number of rotatable bonds is 13. The average molecular weight is 541 g/mol. The van der Waals surface area contributed by atoms with Gasteiger partial charge >= 0.3 is 5.97 Å². The summed E-state index contributed by atoms with van der Waals surface area (Å²) >= 11 is 0. The number of hydrogen-bond acceptors (Lipinski definition) is 5. The molecule has 0 amide bonds. The lowest BCUT2D eigenvalue weighted by atomic mass is 9.58. The van der Waals surface area contributed by atoms with Crippen molar-refractivity contribution >= 4 is 11.7 Å². The van der Waals surface area contributed by atoms with Crippen molar-refractivity contribution in [1.82, 2.24) is 4.90 Å². The first-order valence-electron chi connectivity index (χ1n) is 15.8. The van der Waals surface area contributed by atoms with Gasteiger partial charge in [0.2, 0.25) is 0 Å². The van der Waals surface area contributed by atoms with Crippen molar-refractivity contribution in [2.75, 3.05) is 18.0 Å². The first kappa shape index (κ1) is 31.7. The molecule has 0 radical (unpaired) electrons. The van der Waals surface area contributed by atoms with E-state index < -0.39 is 0 Å². The van der Waals surface area contributed by atoms with Crippen LogP contribution in [0.5, 0.6) is 0 Å². The number of benzene rings is 1. The highest BCUT2D eigenvalue weighted by Crippen LogP contribution is 2.53. The van der Waals surface area contributed by atoms with E-state index in [4.69, 9.17) is 9.78 Å². The van der Waals surface area contributed by atoms with Crippen molar-refractivity contribution in [3.8, 4) is 0 Å². The van der Waals surface area contributed by atoms with Crippen molar-refractivity contribution in [1.29, 1.82) is 0 Å². The highest BCUT2D eigenvalue weighted by Gasteiger charge is 2.59. The minimum atomic E-state index is -0.349. The van der Waals surface area contributed by atoms with Crippen LogP contribution in [0.25, 0.3) is 0 Å². The maximum absolute atomic E-state index is 13.0. The number of hydrogen-bond donors (Lipinski definition) is 0. The highest BCUT2D eigenvalue weighted by atomic mass is 17.2. The molecule has 1 aliphatic heterocycles. The molecule has 1 aromatic carbocycles. The summed E-state index contributed by atoms with van der Waals surface area (Å²) in [6.07, 6.45) is 12.1. The minimum absolute atomic E-state index is 0.0452. The maximum atomic E-state index is 13.0. The van der Waals surface area contributed by atoms with Crippen molar-refractivity contribution in [2.45, 2.75) is 135 Å². The molecule has 1 saturated carbocycles. The predicted molar refractivity (Wildman–Crippen MR) is 163 cm³/mol. The molecule has 2 atom stereocenters. The van der Waals surface area contributed by atoms with E-state index in [1.54, 1.807) is 0 Å². The molecule has 5 nitrogen and oxygen atoms in total. The number of carbonyl (C=O) groups excluding carboxylic acids is 1. The molecule has 0 N–H and O–H groups in total. The zero-order valence-electron chi connectivity index (χ0n) is 26.0. The molecule has 0 spiro atoms. The Balaban J connectivity index is 1.94. The van der Waals surface area contributed by atoms with Gasteiger partial charge in [0.05, 0.1) is 6.42 Å². The zero-order valence-corrected chi connectivity index (χ0v) is 26.0. The third-order valence-electron chi connectivity index (χ3n) is 10.8. The molecule has 3 rings (SSSR count). The van der Waals surface area contributed by atoms with Gasteiger partial charge in [0.25, 0.3) is 0 Å². The molecule has 1 saturated heterocycles. The van der Waals surface area contributed by atoms with Gasteiger partial charge < -0.3 is 4.90 Å². The van der Waals surface area contributed by atoms with E-state index in [1.807, 2.05) is 0 Å². The Morgan fingerprint density at radius 3 is 2.00 bits per heavy atom. The van der Waals surface area contributed by atoms with Crippen molar-refractivity contribution < 1.29 is 14.6 Å². The molecule has 39 heavy (non-hydrogen) atoms. The van der Waals surface area contributed by atoms with E-state index in [9.17, 15) is 4.79 Å². The van der Waals surface area contributed by atoms with Gasteiger partial charge in [0.1, 0.15) is 5.60 Å². The summed E-state index contributed by atoms with van der Waals surface area (Å²) < 4.78 is 0. The van der Waals surface area contributed by atoms with E-state index in [1.165, 1.54) is 12.1 Å². The van der Waals surface area contributed by atoms with Crippen LogP contribution in [0, 0.1) is 11.8 Å². The third-order valence-corrected chi connectivity index (χ3v) is 10.8. The zero-order chi connectivity index (χ0) is 28.7. The van der Waals surface area contributed by atoms with Gasteiger partial charge in [-0.25, -0.2) is 4.79 Å². The second kappa shape index (κ2) is 13.7. The molecule has 2 fully saturated rings. The lowest BCUT2D eigenvalue weighted by Gasteiger charge is -2.67. The minimum Gasteiger partial charge on any atom is -0.367 e. The fourth-order valence-corrected chi connectivity index (χ4v) is 8.44. The number of likely N-dealkylation sites (tertiary alicyclic amines) is 1. The summed E-state index contributed by atoms with van der Waals surface area (Å²) in [5.74, 6) is 0.506. The molecule has 1 aromatic rings. The molecule has 2 aliphatic rings. The van der Waals surface area contributed by atoms with Gasteiger partial charge in [-0.3, -0.25) is 9.79 Å². The van der Waals surface area contributed by atoms with E-state index in [0.29, 0.717) is 24.8 Å². The smallest absolute Gasteiger partial charge is 0.344 e. The van der Waals surface area contributed by atoms with Crippen LogP contribution in [-0.2, 0) is 14.6 Å². The van der Waals surface area contributed by atoms with Gasteiger partial charge in [-0.05, 0) is 69.4 Å². The molecular weight excluding hydrogens is 484 g/mol. The van der Waals surface area contributed by atoms with Crippen LogP contribution >= 0.6 is 0 Å². The summed E-state index contributed by atoms with van der Waals surface area (Å²) in [7, 11) is 0. The summed E-state index contributed by atoms with van der Waals surface area (Å²) in [6, 6.07) is 10.9. The Morgan fingerprint density at radius 2 is 1.51 bits per heavy atom. The van der Waals surface area contributed by atoms with Gasteiger partial charge in [-0.1, -0.05) is 85.1 Å². The topological polar surface area (TPSA) is 42.0 Å². The fourth-order valence-electron chi connectivity index (χ4n) is 8.44. The van der Waals surface area contributed by atoms with E-state index in [2.05, 4.69) is 101 Å². The first-order valence-corrected chi connectivity index (χ1v) is 15.8. The highest BCUT2D eigenvalue weighted by molar-refractivity contribution is 5.69. The maximum Gasteiger partial charge on any atom is 0.344 e. The van der Waals surface area contributed by atoms with Crippen LogP contribution in [0.15, 0.2) is 43.0 Å². The lowest BCUT2D eigenvalue weighted by Crippen LogP contribution is -2.75. The van der Waals surface area contributed by atoms with Gasteiger partial charge in [-0.2, -0.15) is 4.89 Å². The molecule has 1 aliphatic carbocycles. The van der Waals surface area contributed by atoms with Crippen LogP contribution in [0.2, 0.25) is 0 Å². The Morgan fingerprint density at radius 1 is 0.974 bits per heavy atom. The van der Waals surface area contributed by atoms with Crippen molar-refractivity contribution in [2.24, 2.45) is 11.8 Å². The van der Waals surface area contributed by atoms with Gasteiger partial charge in [-0.15, -0.1) is 6.58 Å². The van der Waals surface area contributed by atoms with Gasteiger partial charge in [0.15, 0.2) is 0 Å². The summed E-state index contributed by atoms with van der Waals surface area (Å²) in [6.45, 7) is 22.0. The second-order valence-electron chi connectivity index (χ2n) is 12.4. The molecular formula is C34H56N2O3. The van der Waals surface area contributed by atoms with Crippen LogP contribution in [0.3, 0.4) is 0 Å². The summed E-state index contributed by atoms with van der Waals surface area (Å²) in [4.78, 5) is 29.6. The molecule has 0 aromatic heterocycles. The predicted octanol–water partition coefficient (Wildman–Crippen LogP) is 8.34.